The van der Waals surface area contributed by atoms with Gasteiger partial charge in [-0.05, 0) is 31.4 Å². The van der Waals surface area contributed by atoms with Crippen LogP contribution in [0, 0.1) is 6.92 Å². The van der Waals surface area contributed by atoms with Gasteiger partial charge in [-0.2, -0.15) is 4.98 Å². The van der Waals surface area contributed by atoms with E-state index in [1.165, 1.54) is 0 Å². The van der Waals surface area contributed by atoms with Crippen LogP contribution in [0.25, 0.3) is 0 Å². The number of nitrogens with zero attached hydrogens (tertiary/aromatic N) is 3. The van der Waals surface area contributed by atoms with E-state index in [0.717, 1.165) is 24.4 Å². The van der Waals surface area contributed by atoms with Crippen LogP contribution in [0.2, 0.25) is 0 Å². The molecular formula is C17H24N4O4. The van der Waals surface area contributed by atoms with Crippen molar-refractivity contribution < 1.29 is 18.5 Å². The van der Waals surface area contributed by atoms with Crippen molar-refractivity contribution in [2.45, 2.75) is 51.8 Å². The van der Waals surface area contributed by atoms with Crippen LogP contribution in [0.3, 0.4) is 0 Å². The summed E-state index contributed by atoms with van der Waals surface area (Å²) >= 11 is 0. The second kappa shape index (κ2) is 7.69. The summed E-state index contributed by atoms with van der Waals surface area (Å²) in [6.07, 6.45) is 2.50. The molecule has 1 aliphatic rings. The molecule has 8 nitrogen and oxygen atoms in total. The quantitative estimate of drug-likeness (QED) is 0.862. The van der Waals surface area contributed by atoms with Crippen molar-refractivity contribution in [3.8, 4) is 0 Å². The van der Waals surface area contributed by atoms with Gasteiger partial charge in [0.05, 0.1) is 12.1 Å². The Hall–Kier alpha value is -2.35. The zero-order chi connectivity index (χ0) is 17.8. The number of carbonyl (C=O) groups is 1. The Balaban J connectivity index is 1.69. The Morgan fingerprint density at radius 3 is 3.04 bits per heavy atom. The number of likely N-dealkylation sites (tertiary alicyclic amines) is 1. The molecule has 1 N–H and O–H groups in total. The van der Waals surface area contributed by atoms with Gasteiger partial charge in [0.25, 0.3) is 0 Å². The molecule has 0 spiro atoms. The van der Waals surface area contributed by atoms with Crippen molar-refractivity contribution >= 4 is 6.03 Å². The lowest BCUT2D eigenvalue weighted by atomic mass is 10.1. The van der Waals surface area contributed by atoms with Gasteiger partial charge in [0.1, 0.15) is 18.1 Å². The molecule has 2 aromatic rings. The van der Waals surface area contributed by atoms with Gasteiger partial charge >= 0.3 is 6.03 Å². The number of carbonyl (C=O) groups excluding carboxylic acids is 1. The highest BCUT2D eigenvalue weighted by Crippen LogP contribution is 2.33. The standard InChI is InChI=1S/C17H24N4O4/c1-4-13(16-18-11(2)25-20-16)19-17(22)21-9-5-6-14(21)15-8-7-12(24-15)10-23-3/h7-8,13-14H,4-6,9-10H2,1-3H3,(H,19,22)/t13-,14+/m0/s1. The highest BCUT2D eigenvalue weighted by molar-refractivity contribution is 5.75. The summed E-state index contributed by atoms with van der Waals surface area (Å²) in [6, 6.07) is 3.35. The van der Waals surface area contributed by atoms with E-state index in [9.17, 15) is 4.79 Å². The minimum absolute atomic E-state index is 0.0601. The van der Waals surface area contributed by atoms with E-state index >= 15 is 0 Å². The normalized spacial score (nSPS) is 18.5. The molecule has 1 aliphatic heterocycles. The number of hydrogen-bond acceptors (Lipinski definition) is 6. The number of hydrogen-bond donors (Lipinski definition) is 1. The molecular weight excluding hydrogens is 324 g/mol. The second-order valence-corrected chi connectivity index (χ2v) is 6.17. The van der Waals surface area contributed by atoms with Crippen LogP contribution in [0.15, 0.2) is 21.1 Å². The van der Waals surface area contributed by atoms with Crippen molar-refractivity contribution in [3.05, 3.63) is 35.4 Å². The summed E-state index contributed by atoms with van der Waals surface area (Å²) in [6.45, 7) is 4.82. The van der Waals surface area contributed by atoms with E-state index in [1.54, 1.807) is 14.0 Å². The topological polar surface area (TPSA) is 93.6 Å². The predicted octanol–water partition coefficient (Wildman–Crippen LogP) is 3.12. The molecule has 0 radical (unpaired) electrons. The number of nitrogens with one attached hydrogen (secondary N) is 1. The number of methoxy groups -OCH3 is 1. The Morgan fingerprint density at radius 1 is 1.52 bits per heavy atom. The predicted molar refractivity (Wildman–Crippen MR) is 88.7 cm³/mol. The molecule has 3 rings (SSSR count). The van der Waals surface area contributed by atoms with Crippen LogP contribution in [0.4, 0.5) is 4.79 Å². The number of aryl methyl sites for hydroxylation is 1. The summed E-state index contributed by atoms with van der Waals surface area (Å²) in [4.78, 5) is 18.8. The first-order chi connectivity index (χ1) is 12.1. The largest absolute Gasteiger partial charge is 0.461 e. The average Bonchev–Trinajstić information content (AvgIpc) is 3.32. The third-order valence-corrected chi connectivity index (χ3v) is 4.37. The minimum atomic E-state index is -0.271. The lowest BCUT2D eigenvalue weighted by molar-refractivity contribution is 0.155. The fourth-order valence-corrected chi connectivity index (χ4v) is 3.14. The number of furan rings is 1. The molecule has 0 unspecified atom stereocenters. The maximum absolute atomic E-state index is 12.8. The van der Waals surface area contributed by atoms with Crippen LogP contribution in [-0.2, 0) is 11.3 Å². The Morgan fingerprint density at radius 2 is 2.36 bits per heavy atom. The van der Waals surface area contributed by atoms with E-state index in [2.05, 4.69) is 15.5 Å². The lowest BCUT2D eigenvalue weighted by Gasteiger charge is -2.25. The van der Waals surface area contributed by atoms with E-state index in [4.69, 9.17) is 13.7 Å². The minimum Gasteiger partial charge on any atom is -0.461 e. The van der Waals surface area contributed by atoms with Gasteiger partial charge in [0, 0.05) is 20.6 Å². The second-order valence-electron chi connectivity index (χ2n) is 6.17. The molecule has 136 valence electrons. The molecule has 2 aromatic heterocycles. The van der Waals surface area contributed by atoms with Crippen LogP contribution < -0.4 is 5.32 Å². The summed E-state index contributed by atoms with van der Waals surface area (Å²) in [7, 11) is 1.63. The summed E-state index contributed by atoms with van der Waals surface area (Å²) in [5, 5.41) is 6.92. The number of amides is 2. The molecule has 25 heavy (non-hydrogen) atoms. The van der Waals surface area contributed by atoms with Crippen molar-refractivity contribution in [2.75, 3.05) is 13.7 Å². The van der Waals surface area contributed by atoms with E-state index in [0.29, 0.717) is 31.3 Å². The van der Waals surface area contributed by atoms with E-state index < -0.39 is 0 Å². The van der Waals surface area contributed by atoms with Gasteiger partial charge in [-0.3, -0.25) is 0 Å². The molecule has 0 saturated carbocycles. The number of rotatable bonds is 6. The third-order valence-electron chi connectivity index (χ3n) is 4.37. The molecule has 1 fully saturated rings. The summed E-state index contributed by atoms with van der Waals surface area (Å²) in [5.41, 5.74) is 0. The molecule has 1 saturated heterocycles. The Kier molecular flexibility index (Phi) is 5.37. The molecule has 0 aromatic carbocycles. The summed E-state index contributed by atoms with van der Waals surface area (Å²) < 4.78 is 15.9. The average molecular weight is 348 g/mol. The molecule has 2 amide bonds. The number of aromatic nitrogens is 2. The smallest absolute Gasteiger partial charge is 0.318 e. The van der Waals surface area contributed by atoms with Crippen LogP contribution >= 0.6 is 0 Å². The van der Waals surface area contributed by atoms with Gasteiger partial charge in [-0.25, -0.2) is 4.79 Å². The van der Waals surface area contributed by atoms with Crippen molar-refractivity contribution in [2.24, 2.45) is 0 Å². The Labute approximate surface area is 146 Å². The maximum atomic E-state index is 12.8. The van der Waals surface area contributed by atoms with Crippen LogP contribution in [0.5, 0.6) is 0 Å². The fourth-order valence-electron chi connectivity index (χ4n) is 3.14. The van der Waals surface area contributed by atoms with Crippen molar-refractivity contribution in [1.82, 2.24) is 20.4 Å². The fraction of sp³-hybridized carbons (Fsp3) is 0.588. The SMILES string of the molecule is CC[C@H](NC(=O)N1CCC[C@@H]1c1ccc(COC)o1)c1noc(C)n1. The zero-order valence-electron chi connectivity index (χ0n) is 14.8. The van der Waals surface area contributed by atoms with Crippen LogP contribution in [0.1, 0.15) is 61.5 Å². The maximum Gasteiger partial charge on any atom is 0.318 e. The highest BCUT2D eigenvalue weighted by Gasteiger charge is 2.33. The lowest BCUT2D eigenvalue weighted by Crippen LogP contribution is -2.41. The summed E-state index contributed by atoms with van der Waals surface area (Å²) in [5.74, 6) is 2.55. The van der Waals surface area contributed by atoms with Gasteiger partial charge in [-0.15, -0.1) is 0 Å². The van der Waals surface area contributed by atoms with Gasteiger partial charge in [-0.1, -0.05) is 12.1 Å². The molecule has 2 atom stereocenters. The molecule has 3 heterocycles. The van der Waals surface area contributed by atoms with E-state index in [1.807, 2.05) is 24.0 Å². The molecule has 0 aliphatic carbocycles. The van der Waals surface area contributed by atoms with Gasteiger partial charge in [0.15, 0.2) is 5.82 Å². The molecule has 0 bridgehead atoms. The van der Waals surface area contributed by atoms with Gasteiger partial charge in [0.2, 0.25) is 5.89 Å². The zero-order valence-corrected chi connectivity index (χ0v) is 14.8. The van der Waals surface area contributed by atoms with E-state index in [-0.39, 0.29) is 18.1 Å². The molecule has 8 heteroatoms. The Bertz CT molecular complexity index is 711. The monoisotopic (exact) mass is 348 g/mol. The van der Waals surface area contributed by atoms with Gasteiger partial charge < -0.3 is 23.9 Å². The first kappa shape index (κ1) is 17.5. The first-order valence-corrected chi connectivity index (χ1v) is 8.57. The van der Waals surface area contributed by atoms with Crippen molar-refractivity contribution in [1.29, 1.82) is 0 Å². The van der Waals surface area contributed by atoms with Crippen LogP contribution in [-0.4, -0.2) is 34.7 Å². The number of ether oxygens (including phenoxy) is 1. The third kappa shape index (κ3) is 3.84. The highest BCUT2D eigenvalue weighted by atomic mass is 16.5. The van der Waals surface area contributed by atoms with Crippen molar-refractivity contribution in [3.63, 3.8) is 0 Å². The first-order valence-electron chi connectivity index (χ1n) is 8.57. The number of urea groups is 1.